The number of amides is 1. The molecule has 1 amide bonds. The Labute approximate surface area is 157 Å². The summed E-state index contributed by atoms with van der Waals surface area (Å²) in [7, 11) is 0. The van der Waals surface area contributed by atoms with Crippen molar-refractivity contribution in [2.45, 2.75) is 18.5 Å². The number of carbonyl (C=O) groups is 1. The smallest absolute Gasteiger partial charge is 0.242 e. The maximum absolute atomic E-state index is 12.7. The molecule has 26 heavy (non-hydrogen) atoms. The maximum atomic E-state index is 12.7. The molecule has 0 radical (unpaired) electrons. The van der Waals surface area contributed by atoms with E-state index in [1.165, 1.54) is 0 Å². The van der Waals surface area contributed by atoms with E-state index in [2.05, 4.69) is 15.3 Å². The molecule has 0 bridgehead atoms. The summed E-state index contributed by atoms with van der Waals surface area (Å²) in [5.41, 5.74) is 7.18. The van der Waals surface area contributed by atoms with Crippen molar-refractivity contribution < 1.29 is 4.79 Å². The number of nitrogens with one attached hydrogen (secondary N) is 1. The second-order valence-corrected chi connectivity index (χ2v) is 6.41. The molecular weight excluding hydrogens is 348 g/mol. The number of benzene rings is 1. The number of nitrogens with zero attached hydrogens (tertiary/aromatic N) is 2. The zero-order valence-corrected chi connectivity index (χ0v) is 14.9. The van der Waals surface area contributed by atoms with Gasteiger partial charge in [0, 0.05) is 48.3 Å². The molecule has 132 valence electrons. The summed E-state index contributed by atoms with van der Waals surface area (Å²) in [6.07, 6.45) is 7.19. The lowest BCUT2D eigenvalue weighted by Crippen LogP contribution is -2.54. The molecule has 0 saturated heterocycles. The van der Waals surface area contributed by atoms with Gasteiger partial charge < -0.3 is 5.73 Å². The number of halogens is 1. The predicted molar refractivity (Wildman–Crippen MR) is 101 cm³/mol. The number of hydrogen-bond acceptors (Lipinski definition) is 4. The first kappa shape index (κ1) is 18.0. The fraction of sp³-hybridized carbons (Fsp3) is 0.150. The lowest BCUT2D eigenvalue weighted by molar-refractivity contribution is -0.125. The summed E-state index contributed by atoms with van der Waals surface area (Å²) < 4.78 is 0. The van der Waals surface area contributed by atoms with Crippen molar-refractivity contribution in [3.63, 3.8) is 0 Å². The quantitative estimate of drug-likeness (QED) is 0.673. The van der Waals surface area contributed by atoms with Crippen molar-refractivity contribution in [3.05, 3.63) is 95.0 Å². The summed E-state index contributed by atoms with van der Waals surface area (Å²) >= 11 is 6.42. The van der Waals surface area contributed by atoms with E-state index >= 15 is 0 Å². The molecule has 3 rings (SSSR count). The van der Waals surface area contributed by atoms with Gasteiger partial charge in [0.15, 0.2) is 0 Å². The number of pyridine rings is 2. The Morgan fingerprint density at radius 3 is 2.23 bits per heavy atom. The first-order valence-electron chi connectivity index (χ1n) is 8.19. The average Bonchev–Trinajstić information content (AvgIpc) is 2.67. The standard InChI is InChI=1S/C20H19ClN4O/c21-18-8-2-1-7-17(18)20(19(22)26,11-15-5-3-9-23-12-15)25-14-16-6-4-10-24-13-16/h1-10,12-13,25H,11,14H2,(H2,22,26). The summed E-state index contributed by atoms with van der Waals surface area (Å²) in [6.45, 7) is 0.419. The third-order valence-electron chi connectivity index (χ3n) is 4.26. The van der Waals surface area contributed by atoms with Crippen molar-refractivity contribution in [2.75, 3.05) is 0 Å². The lowest BCUT2D eigenvalue weighted by Gasteiger charge is -2.33. The van der Waals surface area contributed by atoms with Crippen LogP contribution < -0.4 is 11.1 Å². The van der Waals surface area contributed by atoms with E-state index < -0.39 is 11.4 Å². The van der Waals surface area contributed by atoms with Crippen LogP contribution in [0.15, 0.2) is 73.3 Å². The van der Waals surface area contributed by atoms with Crippen LogP contribution in [0.4, 0.5) is 0 Å². The van der Waals surface area contributed by atoms with E-state index in [-0.39, 0.29) is 0 Å². The first-order valence-corrected chi connectivity index (χ1v) is 8.57. The van der Waals surface area contributed by atoms with Crippen LogP contribution in [0.5, 0.6) is 0 Å². The summed E-state index contributed by atoms with van der Waals surface area (Å²) in [5.74, 6) is -0.502. The minimum absolute atomic E-state index is 0.334. The molecule has 0 aliphatic rings. The summed E-state index contributed by atoms with van der Waals surface area (Å²) in [4.78, 5) is 20.9. The molecule has 0 fully saturated rings. The molecule has 2 heterocycles. The van der Waals surface area contributed by atoms with E-state index in [9.17, 15) is 4.79 Å². The molecule has 0 saturated carbocycles. The Bertz CT molecular complexity index is 873. The SMILES string of the molecule is NC(=O)C(Cc1cccnc1)(NCc1cccnc1)c1ccccc1Cl. The monoisotopic (exact) mass is 366 g/mol. The Kier molecular flexibility index (Phi) is 5.61. The van der Waals surface area contributed by atoms with Crippen LogP contribution in [-0.2, 0) is 23.3 Å². The van der Waals surface area contributed by atoms with E-state index in [1.807, 2.05) is 42.5 Å². The molecule has 1 aromatic carbocycles. The third kappa shape index (κ3) is 3.90. The number of carbonyl (C=O) groups excluding carboxylic acids is 1. The molecule has 3 N–H and O–H groups in total. The molecule has 1 atom stereocenters. The summed E-state index contributed by atoms with van der Waals surface area (Å²) in [5, 5.41) is 3.81. The van der Waals surface area contributed by atoms with Gasteiger partial charge in [-0.1, -0.05) is 41.9 Å². The van der Waals surface area contributed by atoms with E-state index in [0.29, 0.717) is 23.6 Å². The number of aromatic nitrogens is 2. The van der Waals surface area contributed by atoms with Gasteiger partial charge in [0.2, 0.25) is 5.91 Å². The zero-order chi connectivity index (χ0) is 18.4. The molecule has 2 aromatic heterocycles. The van der Waals surface area contributed by atoms with E-state index in [0.717, 1.165) is 11.1 Å². The maximum Gasteiger partial charge on any atom is 0.242 e. The van der Waals surface area contributed by atoms with Crippen LogP contribution in [0.1, 0.15) is 16.7 Å². The Morgan fingerprint density at radius 2 is 1.65 bits per heavy atom. The van der Waals surface area contributed by atoms with Crippen LogP contribution in [-0.4, -0.2) is 15.9 Å². The van der Waals surface area contributed by atoms with Gasteiger partial charge in [-0.3, -0.25) is 20.1 Å². The van der Waals surface area contributed by atoms with Gasteiger partial charge >= 0.3 is 0 Å². The fourth-order valence-corrected chi connectivity index (χ4v) is 3.23. The predicted octanol–water partition coefficient (Wildman–Crippen LogP) is 2.84. The molecule has 1 unspecified atom stereocenters. The highest BCUT2D eigenvalue weighted by atomic mass is 35.5. The normalized spacial score (nSPS) is 13.1. The second-order valence-electron chi connectivity index (χ2n) is 6.00. The van der Waals surface area contributed by atoms with Crippen molar-refractivity contribution in [1.82, 2.24) is 15.3 Å². The van der Waals surface area contributed by atoms with Crippen LogP contribution in [0.25, 0.3) is 0 Å². The van der Waals surface area contributed by atoms with Gasteiger partial charge in [0.25, 0.3) is 0 Å². The lowest BCUT2D eigenvalue weighted by atomic mass is 9.83. The number of primary amides is 1. The van der Waals surface area contributed by atoms with Gasteiger partial charge in [0.05, 0.1) is 0 Å². The van der Waals surface area contributed by atoms with Crippen LogP contribution >= 0.6 is 11.6 Å². The van der Waals surface area contributed by atoms with Crippen LogP contribution in [0.2, 0.25) is 5.02 Å². The van der Waals surface area contributed by atoms with Crippen molar-refractivity contribution >= 4 is 17.5 Å². The first-order chi connectivity index (χ1) is 12.6. The largest absolute Gasteiger partial charge is 0.368 e. The average molecular weight is 367 g/mol. The summed E-state index contributed by atoms with van der Waals surface area (Å²) in [6, 6.07) is 14.8. The van der Waals surface area contributed by atoms with Gasteiger partial charge in [-0.05, 0) is 29.3 Å². The minimum Gasteiger partial charge on any atom is -0.368 e. The van der Waals surface area contributed by atoms with Crippen molar-refractivity contribution in [3.8, 4) is 0 Å². The molecule has 0 spiro atoms. The topological polar surface area (TPSA) is 80.9 Å². The van der Waals surface area contributed by atoms with Gasteiger partial charge in [-0.25, -0.2) is 0 Å². The molecule has 0 aliphatic heterocycles. The van der Waals surface area contributed by atoms with Gasteiger partial charge in [0.1, 0.15) is 5.54 Å². The number of hydrogen-bond donors (Lipinski definition) is 2. The van der Waals surface area contributed by atoms with E-state index in [4.69, 9.17) is 17.3 Å². The molecular formula is C20H19ClN4O. The Morgan fingerprint density at radius 1 is 1.00 bits per heavy atom. The highest BCUT2D eigenvalue weighted by Gasteiger charge is 2.40. The highest BCUT2D eigenvalue weighted by molar-refractivity contribution is 6.31. The molecule has 3 aromatic rings. The van der Waals surface area contributed by atoms with E-state index in [1.54, 1.807) is 30.9 Å². The van der Waals surface area contributed by atoms with Crippen molar-refractivity contribution in [1.29, 1.82) is 0 Å². The minimum atomic E-state index is -1.17. The van der Waals surface area contributed by atoms with Crippen LogP contribution in [0.3, 0.4) is 0 Å². The molecule has 0 aliphatic carbocycles. The zero-order valence-electron chi connectivity index (χ0n) is 14.1. The Hall–Kier alpha value is -2.76. The fourth-order valence-electron chi connectivity index (χ4n) is 2.93. The molecule has 5 nitrogen and oxygen atoms in total. The Balaban J connectivity index is 2.03. The number of nitrogens with two attached hydrogens (primary N) is 1. The van der Waals surface area contributed by atoms with Crippen molar-refractivity contribution in [2.24, 2.45) is 5.73 Å². The second kappa shape index (κ2) is 8.08. The van der Waals surface area contributed by atoms with Crippen LogP contribution in [0, 0.1) is 0 Å². The van der Waals surface area contributed by atoms with Gasteiger partial charge in [-0.2, -0.15) is 0 Å². The third-order valence-corrected chi connectivity index (χ3v) is 4.59. The van der Waals surface area contributed by atoms with Gasteiger partial charge in [-0.15, -0.1) is 0 Å². The molecule has 6 heteroatoms. The number of rotatable bonds is 7. The highest BCUT2D eigenvalue weighted by Crippen LogP contribution is 2.32.